The highest BCUT2D eigenvalue weighted by atomic mass is 32.2. The quantitative estimate of drug-likeness (QED) is 0.492. The molecule has 1 unspecified atom stereocenters. The Morgan fingerprint density at radius 3 is 2.17 bits per heavy atom. The second kappa shape index (κ2) is 12.9. The van der Waals surface area contributed by atoms with Crippen molar-refractivity contribution in [3.8, 4) is 0 Å². The fraction of sp³-hybridized carbons (Fsp3) is 0.375. The number of hydrogen-bond acceptors (Lipinski definition) is 4. The number of amides is 1. The zero-order valence-electron chi connectivity index (χ0n) is 17.3. The molecule has 0 heterocycles. The molecule has 0 radical (unpaired) electrons. The van der Waals surface area contributed by atoms with E-state index >= 15 is 0 Å². The normalized spacial score (nSPS) is 11.6. The lowest BCUT2D eigenvalue weighted by molar-refractivity contribution is -0.137. The predicted octanol–water partition coefficient (Wildman–Crippen LogP) is 4.80. The summed E-state index contributed by atoms with van der Waals surface area (Å²) >= 11 is 1.13. The first-order valence-corrected chi connectivity index (χ1v) is 11.2. The van der Waals surface area contributed by atoms with E-state index in [9.17, 15) is 19.5 Å². The van der Waals surface area contributed by atoms with Gasteiger partial charge in [-0.3, -0.25) is 14.4 Å². The molecule has 1 N–H and O–H groups in total. The lowest BCUT2D eigenvalue weighted by Gasteiger charge is -2.26. The number of nitrogens with zero attached hydrogens (tertiary/aromatic N) is 1. The van der Waals surface area contributed by atoms with E-state index in [0.29, 0.717) is 17.9 Å². The summed E-state index contributed by atoms with van der Waals surface area (Å²) in [6.45, 7) is 1.09. The van der Waals surface area contributed by atoms with Crippen LogP contribution >= 0.6 is 11.8 Å². The topological polar surface area (TPSA) is 74.7 Å². The Balaban J connectivity index is 1.98. The van der Waals surface area contributed by atoms with Gasteiger partial charge in [-0.1, -0.05) is 73.1 Å². The number of thioether (sulfide) groups is 1. The number of carboxylic acids is 1. The number of carbonyl (C=O) groups is 3. The average Bonchev–Trinajstić information content (AvgIpc) is 2.74. The van der Waals surface area contributed by atoms with Crippen LogP contribution in [0.15, 0.2) is 60.7 Å². The molecule has 0 aromatic heterocycles. The molecule has 0 spiro atoms. The molecular weight excluding hydrogens is 398 g/mol. The molecule has 2 rings (SSSR count). The van der Waals surface area contributed by atoms with Crippen LogP contribution in [0.5, 0.6) is 0 Å². The van der Waals surface area contributed by atoms with Crippen LogP contribution in [0.1, 0.15) is 38.2 Å². The van der Waals surface area contributed by atoms with Crippen molar-refractivity contribution >= 4 is 34.4 Å². The van der Waals surface area contributed by atoms with E-state index < -0.39 is 18.4 Å². The Kier molecular flexibility index (Phi) is 10.1. The Morgan fingerprint density at radius 1 is 0.933 bits per heavy atom. The van der Waals surface area contributed by atoms with E-state index in [2.05, 4.69) is 12.1 Å². The minimum absolute atomic E-state index is 0.0404. The lowest BCUT2D eigenvalue weighted by atomic mass is 9.99. The maximum Gasteiger partial charge on any atom is 0.323 e. The molecule has 0 aliphatic carbocycles. The summed E-state index contributed by atoms with van der Waals surface area (Å²) < 4.78 is 0. The van der Waals surface area contributed by atoms with Crippen LogP contribution in [0, 0.1) is 5.92 Å². The summed E-state index contributed by atoms with van der Waals surface area (Å²) in [7, 11) is 0. The highest BCUT2D eigenvalue weighted by Crippen LogP contribution is 2.23. The van der Waals surface area contributed by atoms with Crippen LogP contribution in [-0.2, 0) is 20.8 Å². The zero-order chi connectivity index (χ0) is 21.8. The van der Waals surface area contributed by atoms with E-state index in [-0.39, 0.29) is 11.0 Å². The molecule has 0 aliphatic rings. The number of benzene rings is 2. The van der Waals surface area contributed by atoms with Gasteiger partial charge in [0.25, 0.3) is 0 Å². The maximum absolute atomic E-state index is 13.2. The van der Waals surface area contributed by atoms with Gasteiger partial charge < -0.3 is 10.0 Å². The zero-order valence-corrected chi connectivity index (χ0v) is 18.1. The third-order valence-corrected chi connectivity index (χ3v) is 5.80. The third-order valence-electron chi connectivity index (χ3n) is 4.83. The van der Waals surface area contributed by atoms with E-state index in [4.69, 9.17) is 0 Å². The van der Waals surface area contributed by atoms with Gasteiger partial charge in [0, 0.05) is 24.3 Å². The summed E-state index contributed by atoms with van der Waals surface area (Å²) in [6, 6.07) is 19.1. The van der Waals surface area contributed by atoms with Crippen molar-refractivity contribution in [3.63, 3.8) is 0 Å². The second-order valence-corrected chi connectivity index (χ2v) is 8.44. The highest BCUT2D eigenvalue weighted by molar-refractivity contribution is 8.13. The van der Waals surface area contributed by atoms with Crippen molar-refractivity contribution in [3.05, 3.63) is 66.2 Å². The van der Waals surface area contributed by atoms with Crippen LogP contribution in [0.4, 0.5) is 5.69 Å². The van der Waals surface area contributed by atoms with Gasteiger partial charge in [0.2, 0.25) is 5.91 Å². The van der Waals surface area contributed by atoms with E-state index in [1.807, 2.05) is 24.3 Å². The number of hydrogen-bond donors (Lipinski definition) is 1. The number of para-hydroxylation sites is 1. The minimum Gasteiger partial charge on any atom is -0.480 e. The van der Waals surface area contributed by atoms with Crippen LogP contribution in [0.2, 0.25) is 0 Å². The average molecular weight is 428 g/mol. The Hall–Kier alpha value is -2.60. The lowest BCUT2D eigenvalue weighted by Crippen LogP contribution is -2.40. The maximum atomic E-state index is 13.2. The molecular formula is C24H29NO4S. The van der Waals surface area contributed by atoms with Crippen LogP contribution in [0.3, 0.4) is 0 Å². The van der Waals surface area contributed by atoms with Crippen molar-refractivity contribution in [2.75, 3.05) is 17.2 Å². The Morgan fingerprint density at radius 2 is 1.57 bits per heavy atom. The van der Waals surface area contributed by atoms with Crippen LogP contribution < -0.4 is 4.90 Å². The van der Waals surface area contributed by atoms with Gasteiger partial charge in [-0.05, 0) is 37.0 Å². The number of unbranched alkanes of at least 4 members (excludes halogenated alkanes) is 2. The SMILES string of the molecule is CC(=O)SCC(CCCCCc1ccccc1)C(=O)N(CC(=O)O)c1ccccc1. The Bertz CT molecular complexity index is 810. The molecule has 30 heavy (non-hydrogen) atoms. The van der Waals surface area contributed by atoms with Gasteiger partial charge in [0.1, 0.15) is 6.54 Å². The van der Waals surface area contributed by atoms with Crippen LogP contribution in [0.25, 0.3) is 0 Å². The molecule has 0 fully saturated rings. The first-order valence-electron chi connectivity index (χ1n) is 10.2. The fourth-order valence-electron chi connectivity index (χ4n) is 3.30. The van der Waals surface area contributed by atoms with E-state index in [1.54, 1.807) is 24.3 Å². The molecule has 0 saturated carbocycles. The molecule has 5 nitrogen and oxygen atoms in total. The van der Waals surface area contributed by atoms with Gasteiger partial charge in [0.05, 0.1) is 0 Å². The van der Waals surface area contributed by atoms with Crippen molar-refractivity contribution < 1.29 is 19.5 Å². The standard InChI is InChI=1S/C24H29NO4S/c1-19(26)30-18-21(14-8-3-7-13-20-11-5-2-6-12-20)24(29)25(17-23(27)28)22-15-9-4-10-16-22/h2,4-6,9-12,15-16,21H,3,7-8,13-14,17-18H2,1H3,(H,27,28). The fourth-order valence-corrected chi connectivity index (χ4v) is 4.04. The molecule has 0 bridgehead atoms. The molecule has 6 heteroatoms. The van der Waals surface area contributed by atoms with Gasteiger partial charge in [0.15, 0.2) is 5.12 Å². The largest absolute Gasteiger partial charge is 0.480 e. The number of aliphatic carboxylic acids is 1. The Labute approximate surface area is 182 Å². The second-order valence-electron chi connectivity index (χ2n) is 7.24. The molecule has 1 atom stereocenters. The number of anilines is 1. The summed E-state index contributed by atoms with van der Waals surface area (Å²) in [5, 5.41) is 9.25. The third kappa shape index (κ3) is 8.41. The summed E-state index contributed by atoms with van der Waals surface area (Å²) in [6.07, 6.45) is 4.50. The predicted molar refractivity (Wildman–Crippen MR) is 122 cm³/mol. The van der Waals surface area contributed by atoms with Crippen LogP contribution in [-0.4, -0.2) is 34.4 Å². The number of aryl methyl sites for hydroxylation is 1. The first kappa shape index (κ1) is 23.7. The van der Waals surface area contributed by atoms with Gasteiger partial charge in [-0.2, -0.15) is 0 Å². The minimum atomic E-state index is -1.06. The molecule has 0 aliphatic heterocycles. The molecule has 2 aromatic carbocycles. The van der Waals surface area contributed by atoms with Gasteiger partial charge in [-0.25, -0.2) is 0 Å². The van der Waals surface area contributed by atoms with Crippen molar-refractivity contribution in [2.45, 2.75) is 39.0 Å². The summed E-state index contributed by atoms with van der Waals surface area (Å²) in [5.41, 5.74) is 1.86. The number of carbonyl (C=O) groups excluding carboxylic acids is 2. The van der Waals surface area contributed by atoms with Gasteiger partial charge in [-0.15, -0.1) is 0 Å². The van der Waals surface area contributed by atoms with Crippen molar-refractivity contribution in [1.29, 1.82) is 0 Å². The highest BCUT2D eigenvalue weighted by Gasteiger charge is 2.27. The summed E-state index contributed by atoms with van der Waals surface area (Å²) in [5.74, 6) is -1.32. The van der Waals surface area contributed by atoms with E-state index in [0.717, 1.165) is 37.4 Å². The molecule has 1 amide bonds. The van der Waals surface area contributed by atoms with Gasteiger partial charge >= 0.3 is 5.97 Å². The van der Waals surface area contributed by atoms with Crippen molar-refractivity contribution in [2.24, 2.45) is 5.92 Å². The molecule has 0 saturated heterocycles. The van der Waals surface area contributed by atoms with Crippen molar-refractivity contribution in [1.82, 2.24) is 0 Å². The smallest absolute Gasteiger partial charge is 0.323 e. The molecule has 160 valence electrons. The molecule has 2 aromatic rings. The summed E-state index contributed by atoms with van der Waals surface area (Å²) in [4.78, 5) is 37.4. The monoisotopic (exact) mass is 427 g/mol. The number of rotatable bonds is 12. The van der Waals surface area contributed by atoms with E-state index in [1.165, 1.54) is 17.4 Å². The number of carboxylic acid groups (broad SMARTS) is 1. The first-order chi connectivity index (χ1) is 14.5.